The van der Waals surface area contributed by atoms with Gasteiger partial charge in [-0.15, -0.1) is 0 Å². The smallest absolute Gasteiger partial charge is 0.234 e. The van der Waals surface area contributed by atoms with Crippen molar-refractivity contribution in [1.82, 2.24) is 10.2 Å². The largest absolute Gasteiger partial charge is 0.368 e. The number of primary amides is 1. The van der Waals surface area contributed by atoms with Crippen molar-refractivity contribution in [3.8, 4) is 0 Å². The van der Waals surface area contributed by atoms with Crippen LogP contribution in [0.15, 0.2) is 0 Å². The van der Waals surface area contributed by atoms with Gasteiger partial charge in [-0.2, -0.15) is 0 Å². The van der Waals surface area contributed by atoms with Crippen molar-refractivity contribution in [3.05, 3.63) is 0 Å². The number of rotatable bonds is 6. The van der Waals surface area contributed by atoms with E-state index in [-0.39, 0.29) is 11.9 Å². The average Bonchev–Trinajstić information content (AvgIpc) is 2.58. The van der Waals surface area contributed by atoms with Gasteiger partial charge in [-0.25, -0.2) is 0 Å². The molecule has 0 aliphatic carbocycles. The number of likely N-dealkylation sites (tertiary alicyclic amines) is 1. The average molecular weight is 227 g/mol. The van der Waals surface area contributed by atoms with E-state index in [4.69, 9.17) is 5.73 Å². The van der Waals surface area contributed by atoms with Crippen molar-refractivity contribution in [3.63, 3.8) is 0 Å². The first-order valence-electron chi connectivity index (χ1n) is 6.26. The normalized spacial score (nSPS) is 23.9. The second kappa shape index (κ2) is 6.21. The molecule has 1 aliphatic rings. The van der Waals surface area contributed by atoms with Crippen LogP contribution in [0.5, 0.6) is 0 Å². The summed E-state index contributed by atoms with van der Waals surface area (Å²) in [6, 6.07) is 0.117. The molecule has 1 rings (SSSR count). The van der Waals surface area contributed by atoms with Crippen LogP contribution < -0.4 is 11.1 Å². The van der Waals surface area contributed by atoms with Gasteiger partial charge in [-0.05, 0) is 25.3 Å². The molecule has 0 radical (unpaired) electrons. The maximum absolute atomic E-state index is 11.2. The lowest BCUT2D eigenvalue weighted by Gasteiger charge is -2.21. The van der Waals surface area contributed by atoms with Crippen LogP contribution in [-0.4, -0.2) is 42.5 Å². The van der Waals surface area contributed by atoms with Crippen molar-refractivity contribution in [2.75, 3.05) is 19.6 Å². The van der Waals surface area contributed by atoms with Crippen molar-refractivity contribution in [2.24, 2.45) is 11.7 Å². The summed E-state index contributed by atoms with van der Waals surface area (Å²) in [5.41, 5.74) is 5.38. The summed E-state index contributed by atoms with van der Waals surface area (Å²) in [5.74, 6) is 0.561. The zero-order valence-corrected chi connectivity index (χ0v) is 10.7. The molecular formula is C12H25N3O. The molecule has 1 fully saturated rings. The van der Waals surface area contributed by atoms with Crippen LogP contribution in [0.3, 0.4) is 0 Å². The third-order valence-corrected chi connectivity index (χ3v) is 3.12. The Kier molecular flexibility index (Phi) is 5.22. The highest BCUT2D eigenvalue weighted by Gasteiger charge is 2.21. The summed E-state index contributed by atoms with van der Waals surface area (Å²) < 4.78 is 0. The highest BCUT2D eigenvalue weighted by Crippen LogP contribution is 2.15. The van der Waals surface area contributed by atoms with Crippen LogP contribution in [0.4, 0.5) is 0 Å². The molecule has 16 heavy (non-hydrogen) atoms. The molecule has 1 heterocycles. The molecule has 0 bridgehead atoms. The summed E-state index contributed by atoms with van der Waals surface area (Å²) in [5, 5.41) is 3.21. The van der Waals surface area contributed by atoms with Crippen LogP contribution in [0.2, 0.25) is 0 Å². The van der Waals surface area contributed by atoms with Crippen molar-refractivity contribution in [1.29, 1.82) is 0 Å². The van der Waals surface area contributed by atoms with Gasteiger partial charge in [0.05, 0.1) is 6.04 Å². The van der Waals surface area contributed by atoms with E-state index < -0.39 is 0 Å². The van der Waals surface area contributed by atoms with Gasteiger partial charge in [-0.3, -0.25) is 4.79 Å². The minimum atomic E-state index is -0.235. The Morgan fingerprint density at radius 2 is 2.25 bits per heavy atom. The van der Waals surface area contributed by atoms with Crippen LogP contribution in [0, 0.1) is 5.92 Å². The summed E-state index contributed by atoms with van der Waals surface area (Å²) in [7, 11) is 0. The monoisotopic (exact) mass is 227 g/mol. The second-order valence-corrected chi connectivity index (χ2v) is 5.26. The number of nitrogens with zero attached hydrogens (tertiary/aromatic N) is 1. The van der Waals surface area contributed by atoms with Crippen LogP contribution in [0.25, 0.3) is 0 Å². The first kappa shape index (κ1) is 13.5. The standard InChI is InChI=1S/C12H25N3O/c1-9(2)14-11(12(13)16)5-7-15-6-4-10(3)8-15/h9-11,14H,4-8H2,1-3H3,(H2,13,16). The zero-order valence-electron chi connectivity index (χ0n) is 10.7. The molecule has 1 aliphatic heterocycles. The van der Waals surface area contributed by atoms with E-state index in [0.29, 0.717) is 6.04 Å². The van der Waals surface area contributed by atoms with Gasteiger partial charge in [0.1, 0.15) is 0 Å². The SMILES string of the molecule is CC1CCN(CCC(NC(C)C)C(N)=O)C1. The number of nitrogens with one attached hydrogen (secondary N) is 1. The quantitative estimate of drug-likeness (QED) is 0.697. The van der Waals surface area contributed by atoms with E-state index in [1.165, 1.54) is 6.42 Å². The Morgan fingerprint density at radius 3 is 2.69 bits per heavy atom. The molecule has 2 unspecified atom stereocenters. The molecule has 1 saturated heterocycles. The summed E-state index contributed by atoms with van der Waals surface area (Å²) in [4.78, 5) is 13.7. The van der Waals surface area contributed by atoms with Crippen LogP contribution in [-0.2, 0) is 4.79 Å². The molecule has 4 nitrogen and oxygen atoms in total. The third-order valence-electron chi connectivity index (χ3n) is 3.12. The molecule has 2 atom stereocenters. The van der Waals surface area contributed by atoms with E-state index in [9.17, 15) is 4.79 Å². The van der Waals surface area contributed by atoms with Crippen LogP contribution in [0.1, 0.15) is 33.6 Å². The Bertz CT molecular complexity index is 230. The first-order valence-corrected chi connectivity index (χ1v) is 6.26. The lowest BCUT2D eigenvalue weighted by atomic mass is 10.1. The summed E-state index contributed by atoms with van der Waals surface area (Å²) in [6.45, 7) is 9.64. The molecule has 1 amide bonds. The fourth-order valence-corrected chi connectivity index (χ4v) is 2.25. The zero-order chi connectivity index (χ0) is 12.1. The fraction of sp³-hybridized carbons (Fsp3) is 0.917. The van der Waals surface area contributed by atoms with E-state index in [1.54, 1.807) is 0 Å². The summed E-state index contributed by atoms with van der Waals surface area (Å²) in [6.07, 6.45) is 2.10. The van der Waals surface area contributed by atoms with Gasteiger partial charge < -0.3 is 16.0 Å². The van der Waals surface area contributed by atoms with Crippen molar-refractivity contribution in [2.45, 2.75) is 45.7 Å². The minimum Gasteiger partial charge on any atom is -0.368 e. The highest BCUT2D eigenvalue weighted by molar-refractivity contribution is 5.79. The first-order chi connectivity index (χ1) is 7.49. The molecular weight excluding hydrogens is 202 g/mol. The van der Waals surface area contributed by atoms with Crippen LogP contribution >= 0.6 is 0 Å². The van der Waals surface area contributed by atoms with E-state index >= 15 is 0 Å². The molecule has 3 N–H and O–H groups in total. The van der Waals surface area contributed by atoms with Gasteiger partial charge in [0.2, 0.25) is 5.91 Å². The fourth-order valence-electron chi connectivity index (χ4n) is 2.25. The summed E-state index contributed by atoms with van der Waals surface area (Å²) >= 11 is 0. The number of amides is 1. The Balaban J connectivity index is 2.29. The van der Waals surface area contributed by atoms with Gasteiger partial charge in [0.25, 0.3) is 0 Å². The second-order valence-electron chi connectivity index (χ2n) is 5.26. The Hall–Kier alpha value is -0.610. The predicted octanol–water partition coefficient (Wildman–Crippen LogP) is 0.570. The molecule has 0 aromatic heterocycles. The van der Waals surface area contributed by atoms with Gasteiger partial charge >= 0.3 is 0 Å². The number of hydrogen-bond donors (Lipinski definition) is 2. The third kappa shape index (κ3) is 4.49. The van der Waals surface area contributed by atoms with Gasteiger partial charge in [0.15, 0.2) is 0 Å². The molecule has 0 aromatic carbocycles. The van der Waals surface area contributed by atoms with Gasteiger partial charge in [0, 0.05) is 19.1 Å². The molecule has 0 spiro atoms. The van der Waals surface area contributed by atoms with Gasteiger partial charge in [-0.1, -0.05) is 20.8 Å². The predicted molar refractivity (Wildman–Crippen MR) is 66.1 cm³/mol. The van der Waals surface area contributed by atoms with E-state index in [0.717, 1.165) is 32.0 Å². The van der Waals surface area contributed by atoms with Crippen molar-refractivity contribution < 1.29 is 4.79 Å². The van der Waals surface area contributed by atoms with E-state index in [1.807, 2.05) is 13.8 Å². The number of hydrogen-bond acceptors (Lipinski definition) is 3. The lowest BCUT2D eigenvalue weighted by molar-refractivity contribution is -0.120. The van der Waals surface area contributed by atoms with Crippen molar-refractivity contribution >= 4 is 5.91 Å². The molecule has 94 valence electrons. The minimum absolute atomic E-state index is 0.184. The van der Waals surface area contributed by atoms with E-state index in [2.05, 4.69) is 17.1 Å². The molecule has 0 aromatic rings. The molecule has 0 saturated carbocycles. The number of carbonyl (C=O) groups is 1. The Morgan fingerprint density at radius 1 is 1.56 bits per heavy atom. The topological polar surface area (TPSA) is 58.4 Å². The number of carbonyl (C=O) groups excluding carboxylic acids is 1. The molecule has 4 heteroatoms. The lowest BCUT2D eigenvalue weighted by Crippen LogP contribution is -2.46. The number of nitrogens with two attached hydrogens (primary N) is 1. The maximum atomic E-state index is 11.2. The maximum Gasteiger partial charge on any atom is 0.234 e. The highest BCUT2D eigenvalue weighted by atomic mass is 16.1. The Labute approximate surface area is 98.6 Å².